The molecular weight excluding hydrogens is 325 g/mol. The largest absolute Gasteiger partial charge is 0.490 e. The summed E-state index contributed by atoms with van der Waals surface area (Å²) in [5.74, 6) is -1.21. The molecular formula is C19H20FNO4. The van der Waals surface area contributed by atoms with E-state index in [1.54, 1.807) is 6.07 Å². The Hall–Kier alpha value is -2.89. The summed E-state index contributed by atoms with van der Waals surface area (Å²) in [6.45, 7) is 1.99. The molecule has 132 valence electrons. The lowest BCUT2D eigenvalue weighted by atomic mass is 10.2. The Morgan fingerprint density at radius 2 is 1.88 bits per heavy atom. The Labute approximate surface area is 145 Å². The lowest BCUT2D eigenvalue weighted by Crippen LogP contribution is -2.31. The molecule has 0 aromatic heterocycles. The Kier molecular flexibility index (Phi) is 6.95. The number of carbonyl (C=O) groups is 2. The zero-order chi connectivity index (χ0) is 18.1. The molecule has 25 heavy (non-hydrogen) atoms. The molecule has 0 aliphatic heterocycles. The van der Waals surface area contributed by atoms with Crippen molar-refractivity contribution < 1.29 is 23.5 Å². The molecule has 0 atom stereocenters. The molecule has 0 fully saturated rings. The SMILES string of the molecule is CCc1cccc(OCCOC(=O)CNC(=O)c2ccccc2F)c1. The number of benzene rings is 2. The van der Waals surface area contributed by atoms with Crippen LogP contribution >= 0.6 is 0 Å². The number of esters is 1. The maximum atomic E-state index is 13.4. The van der Waals surface area contributed by atoms with E-state index in [9.17, 15) is 14.0 Å². The maximum absolute atomic E-state index is 13.4. The van der Waals surface area contributed by atoms with Crippen molar-refractivity contribution in [1.29, 1.82) is 0 Å². The fourth-order valence-corrected chi connectivity index (χ4v) is 2.11. The second-order valence-electron chi connectivity index (χ2n) is 5.23. The van der Waals surface area contributed by atoms with Gasteiger partial charge in [-0.25, -0.2) is 4.39 Å². The van der Waals surface area contributed by atoms with Gasteiger partial charge < -0.3 is 14.8 Å². The highest BCUT2D eigenvalue weighted by Gasteiger charge is 2.12. The minimum Gasteiger partial charge on any atom is -0.490 e. The fraction of sp³-hybridized carbons (Fsp3) is 0.263. The highest BCUT2D eigenvalue weighted by Crippen LogP contribution is 2.13. The van der Waals surface area contributed by atoms with Gasteiger partial charge in [-0.3, -0.25) is 9.59 Å². The van der Waals surface area contributed by atoms with E-state index >= 15 is 0 Å². The summed E-state index contributed by atoms with van der Waals surface area (Å²) in [6.07, 6.45) is 0.911. The number of aryl methyl sites for hydroxylation is 1. The number of hydrogen-bond donors (Lipinski definition) is 1. The summed E-state index contributed by atoms with van der Waals surface area (Å²) < 4.78 is 23.9. The first-order valence-electron chi connectivity index (χ1n) is 8.00. The molecule has 2 aromatic rings. The van der Waals surface area contributed by atoms with Crippen LogP contribution in [0.2, 0.25) is 0 Å². The van der Waals surface area contributed by atoms with Crippen LogP contribution in [0.3, 0.4) is 0 Å². The highest BCUT2D eigenvalue weighted by atomic mass is 19.1. The third kappa shape index (κ3) is 5.91. The van der Waals surface area contributed by atoms with Crippen LogP contribution in [0.5, 0.6) is 5.75 Å². The van der Waals surface area contributed by atoms with Crippen molar-refractivity contribution in [3.63, 3.8) is 0 Å². The monoisotopic (exact) mass is 345 g/mol. The van der Waals surface area contributed by atoms with E-state index in [2.05, 4.69) is 12.2 Å². The van der Waals surface area contributed by atoms with Crippen molar-refractivity contribution in [2.45, 2.75) is 13.3 Å². The molecule has 0 unspecified atom stereocenters. The van der Waals surface area contributed by atoms with Crippen LogP contribution in [0, 0.1) is 5.82 Å². The smallest absolute Gasteiger partial charge is 0.325 e. The Morgan fingerprint density at radius 1 is 1.08 bits per heavy atom. The maximum Gasteiger partial charge on any atom is 0.325 e. The molecule has 1 N–H and O–H groups in total. The lowest BCUT2D eigenvalue weighted by molar-refractivity contribution is -0.143. The highest BCUT2D eigenvalue weighted by molar-refractivity contribution is 5.96. The number of hydrogen-bond acceptors (Lipinski definition) is 4. The van der Waals surface area contributed by atoms with Crippen molar-refractivity contribution in [3.8, 4) is 5.75 Å². The van der Waals surface area contributed by atoms with Crippen LogP contribution < -0.4 is 10.1 Å². The van der Waals surface area contributed by atoms with Gasteiger partial charge in [0.2, 0.25) is 0 Å². The van der Waals surface area contributed by atoms with Gasteiger partial charge in [0.15, 0.2) is 0 Å². The molecule has 0 aliphatic carbocycles. The molecule has 0 heterocycles. The molecule has 0 bridgehead atoms. The van der Waals surface area contributed by atoms with Crippen molar-refractivity contribution >= 4 is 11.9 Å². The molecule has 6 heteroatoms. The summed E-state index contributed by atoms with van der Waals surface area (Å²) in [5.41, 5.74) is 1.04. The molecule has 5 nitrogen and oxygen atoms in total. The summed E-state index contributed by atoms with van der Waals surface area (Å²) >= 11 is 0. The second-order valence-corrected chi connectivity index (χ2v) is 5.23. The third-order valence-electron chi connectivity index (χ3n) is 3.43. The molecule has 2 aromatic carbocycles. The van der Waals surface area contributed by atoms with Gasteiger partial charge in [-0.15, -0.1) is 0 Å². The zero-order valence-corrected chi connectivity index (χ0v) is 14.0. The van der Waals surface area contributed by atoms with Crippen LogP contribution in [-0.4, -0.2) is 31.6 Å². The quantitative estimate of drug-likeness (QED) is 0.590. The summed E-state index contributed by atoms with van der Waals surface area (Å²) in [4.78, 5) is 23.4. The average Bonchev–Trinajstić information content (AvgIpc) is 2.64. The summed E-state index contributed by atoms with van der Waals surface area (Å²) in [6, 6.07) is 13.2. The van der Waals surface area contributed by atoms with E-state index in [0.717, 1.165) is 12.0 Å². The Balaban J connectivity index is 1.67. The van der Waals surface area contributed by atoms with E-state index in [4.69, 9.17) is 9.47 Å². The predicted molar refractivity (Wildman–Crippen MR) is 91.0 cm³/mol. The third-order valence-corrected chi connectivity index (χ3v) is 3.43. The van der Waals surface area contributed by atoms with Crippen LogP contribution in [0.15, 0.2) is 48.5 Å². The number of carbonyl (C=O) groups excluding carboxylic acids is 2. The Bertz CT molecular complexity index is 733. The minimum absolute atomic E-state index is 0.0603. The van der Waals surface area contributed by atoms with E-state index in [1.165, 1.54) is 18.2 Å². The fourth-order valence-electron chi connectivity index (χ4n) is 2.11. The van der Waals surface area contributed by atoms with E-state index in [1.807, 2.05) is 24.3 Å². The Morgan fingerprint density at radius 3 is 2.64 bits per heavy atom. The summed E-state index contributed by atoms with van der Waals surface area (Å²) in [7, 11) is 0. The number of amides is 1. The molecule has 2 rings (SSSR count). The van der Waals surface area contributed by atoms with Crippen LogP contribution in [0.1, 0.15) is 22.8 Å². The van der Waals surface area contributed by atoms with Crippen molar-refractivity contribution in [2.75, 3.05) is 19.8 Å². The molecule has 0 radical (unpaired) electrons. The van der Waals surface area contributed by atoms with Crippen LogP contribution in [0.25, 0.3) is 0 Å². The van der Waals surface area contributed by atoms with Crippen molar-refractivity contribution in [2.24, 2.45) is 0 Å². The van der Waals surface area contributed by atoms with E-state index in [-0.39, 0.29) is 25.3 Å². The number of ether oxygens (including phenoxy) is 2. The van der Waals surface area contributed by atoms with Gasteiger partial charge in [0.25, 0.3) is 5.91 Å². The number of nitrogens with one attached hydrogen (secondary N) is 1. The zero-order valence-electron chi connectivity index (χ0n) is 14.0. The number of halogens is 1. The van der Waals surface area contributed by atoms with Gasteiger partial charge in [-0.2, -0.15) is 0 Å². The van der Waals surface area contributed by atoms with Gasteiger partial charge in [0.1, 0.15) is 31.3 Å². The minimum atomic E-state index is -0.664. The molecule has 0 saturated carbocycles. The first-order chi connectivity index (χ1) is 12.1. The van der Waals surface area contributed by atoms with Crippen molar-refractivity contribution in [3.05, 3.63) is 65.5 Å². The average molecular weight is 345 g/mol. The molecule has 0 aliphatic rings. The first kappa shape index (κ1) is 18.4. The first-order valence-corrected chi connectivity index (χ1v) is 8.00. The van der Waals surface area contributed by atoms with Gasteiger partial charge in [-0.05, 0) is 36.2 Å². The lowest BCUT2D eigenvalue weighted by Gasteiger charge is -2.09. The molecule has 0 spiro atoms. The van der Waals surface area contributed by atoms with E-state index in [0.29, 0.717) is 5.75 Å². The standard InChI is InChI=1S/C19H20FNO4/c1-2-14-6-5-7-15(12-14)24-10-11-25-18(22)13-21-19(23)16-8-3-4-9-17(16)20/h3-9,12H,2,10-11,13H2,1H3,(H,21,23). The van der Waals surface area contributed by atoms with Gasteiger partial charge in [0, 0.05) is 0 Å². The molecule has 1 amide bonds. The van der Waals surface area contributed by atoms with Gasteiger partial charge in [-0.1, -0.05) is 31.2 Å². The van der Waals surface area contributed by atoms with Crippen LogP contribution in [0.4, 0.5) is 4.39 Å². The normalized spacial score (nSPS) is 10.2. The topological polar surface area (TPSA) is 64.6 Å². The van der Waals surface area contributed by atoms with Gasteiger partial charge >= 0.3 is 5.97 Å². The van der Waals surface area contributed by atoms with Crippen LogP contribution in [-0.2, 0) is 16.0 Å². The number of rotatable bonds is 8. The predicted octanol–water partition coefficient (Wildman–Crippen LogP) is 2.74. The van der Waals surface area contributed by atoms with E-state index < -0.39 is 17.7 Å². The molecule has 0 saturated heterocycles. The summed E-state index contributed by atoms with van der Waals surface area (Å²) in [5, 5.41) is 2.32. The second kappa shape index (κ2) is 9.42. The van der Waals surface area contributed by atoms with Crippen molar-refractivity contribution in [1.82, 2.24) is 5.32 Å². The van der Waals surface area contributed by atoms with Gasteiger partial charge in [0.05, 0.1) is 5.56 Å².